The fourth-order valence-corrected chi connectivity index (χ4v) is 4.51. The molecule has 27 heavy (non-hydrogen) atoms. The number of amides is 2. The monoisotopic (exact) mass is 388 g/mol. The van der Waals surface area contributed by atoms with Crippen LogP contribution in [0.5, 0.6) is 5.75 Å². The van der Waals surface area contributed by atoms with Crippen LogP contribution >= 0.6 is 0 Å². The average Bonchev–Trinajstić information content (AvgIpc) is 2.86. The Morgan fingerprint density at radius 3 is 2.44 bits per heavy atom. The van der Waals surface area contributed by atoms with E-state index < -0.39 is 15.9 Å². The molecule has 3 rings (SSSR count). The second-order valence-electron chi connectivity index (χ2n) is 6.19. The number of nitrogens with zero attached hydrogens (tertiary/aromatic N) is 1. The third kappa shape index (κ3) is 3.66. The average molecular weight is 388 g/mol. The highest BCUT2D eigenvalue weighted by molar-refractivity contribution is 7.90. The summed E-state index contributed by atoms with van der Waals surface area (Å²) in [5.74, 6) is -0.214. The summed E-state index contributed by atoms with van der Waals surface area (Å²) in [4.78, 5) is 24.5. The summed E-state index contributed by atoms with van der Waals surface area (Å²) in [5, 5.41) is 2.81. The van der Waals surface area contributed by atoms with Crippen molar-refractivity contribution in [2.24, 2.45) is 0 Å². The zero-order valence-electron chi connectivity index (χ0n) is 15.0. The van der Waals surface area contributed by atoms with Crippen LogP contribution in [0.4, 0.5) is 0 Å². The highest BCUT2D eigenvalue weighted by atomic mass is 32.2. The first kappa shape index (κ1) is 18.9. The van der Waals surface area contributed by atoms with Gasteiger partial charge in [0, 0.05) is 13.0 Å². The van der Waals surface area contributed by atoms with Crippen LogP contribution in [0, 0.1) is 0 Å². The molecule has 0 aromatic heterocycles. The van der Waals surface area contributed by atoms with E-state index in [2.05, 4.69) is 5.32 Å². The molecule has 0 aliphatic carbocycles. The number of nitrogens with one attached hydrogen (secondary N) is 1. The van der Waals surface area contributed by atoms with Gasteiger partial charge in [-0.1, -0.05) is 24.3 Å². The molecule has 2 aromatic rings. The molecule has 1 aliphatic rings. The van der Waals surface area contributed by atoms with Gasteiger partial charge in [0.25, 0.3) is 15.9 Å². The van der Waals surface area contributed by atoms with Crippen LogP contribution in [-0.2, 0) is 14.8 Å². The zero-order chi connectivity index (χ0) is 19.6. The van der Waals surface area contributed by atoms with Gasteiger partial charge in [-0.2, -0.15) is 0 Å². The second-order valence-corrected chi connectivity index (χ2v) is 8.02. The van der Waals surface area contributed by atoms with Crippen molar-refractivity contribution >= 4 is 21.8 Å². The maximum absolute atomic E-state index is 12.5. The summed E-state index contributed by atoms with van der Waals surface area (Å²) in [7, 11) is -2.31. The van der Waals surface area contributed by atoms with Crippen molar-refractivity contribution in [3.05, 3.63) is 59.7 Å². The minimum absolute atomic E-state index is 0.0120. The van der Waals surface area contributed by atoms with Gasteiger partial charge >= 0.3 is 0 Å². The summed E-state index contributed by atoms with van der Waals surface area (Å²) < 4.78 is 30.8. The molecule has 2 amide bonds. The van der Waals surface area contributed by atoms with Gasteiger partial charge in [-0.3, -0.25) is 9.59 Å². The molecular formula is C19H20N2O5S. The van der Waals surface area contributed by atoms with Crippen molar-refractivity contribution in [1.29, 1.82) is 0 Å². The molecule has 142 valence electrons. The molecular weight excluding hydrogens is 368 g/mol. The highest BCUT2D eigenvalue weighted by Gasteiger charge is 2.40. The first-order valence-corrected chi connectivity index (χ1v) is 9.88. The van der Waals surface area contributed by atoms with Crippen molar-refractivity contribution in [1.82, 2.24) is 9.62 Å². The molecule has 0 fully saturated rings. The minimum atomic E-state index is -3.89. The number of carbonyl (C=O) groups excluding carboxylic acids is 2. The standard InChI is InChI=1S/C19H20N2O5S/c1-13(14-7-9-15(26-2)10-8-14)20-18(22)11-12-21-19(23)16-5-3-4-6-17(16)27(21,24)25/h3-10,13H,11-12H2,1-2H3,(H,20,22)/t13-/m0/s1. The lowest BCUT2D eigenvalue weighted by atomic mass is 10.1. The molecule has 0 saturated carbocycles. The molecule has 0 bridgehead atoms. The number of sulfonamides is 1. The van der Waals surface area contributed by atoms with Crippen molar-refractivity contribution in [3.63, 3.8) is 0 Å². The van der Waals surface area contributed by atoms with Crippen LogP contribution < -0.4 is 10.1 Å². The molecule has 1 aliphatic heterocycles. The lowest BCUT2D eigenvalue weighted by Gasteiger charge is -2.17. The van der Waals surface area contributed by atoms with Crippen LogP contribution in [-0.4, -0.2) is 38.2 Å². The normalized spacial score (nSPS) is 15.9. The van der Waals surface area contributed by atoms with Gasteiger partial charge < -0.3 is 10.1 Å². The Morgan fingerprint density at radius 2 is 1.81 bits per heavy atom. The minimum Gasteiger partial charge on any atom is -0.497 e. The van der Waals surface area contributed by atoms with E-state index in [-0.39, 0.29) is 35.4 Å². The summed E-state index contributed by atoms with van der Waals surface area (Å²) >= 11 is 0. The van der Waals surface area contributed by atoms with E-state index in [4.69, 9.17) is 4.74 Å². The van der Waals surface area contributed by atoms with Gasteiger partial charge in [0.05, 0.1) is 18.7 Å². The first-order chi connectivity index (χ1) is 12.8. The summed E-state index contributed by atoms with van der Waals surface area (Å²) in [6.45, 7) is 1.63. The van der Waals surface area contributed by atoms with Gasteiger partial charge in [0.15, 0.2) is 0 Å². The van der Waals surface area contributed by atoms with Gasteiger partial charge in [-0.15, -0.1) is 0 Å². The van der Waals surface area contributed by atoms with Gasteiger partial charge in [-0.25, -0.2) is 12.7 Å². The predicted octanol–water partition coefficient (Wildman–Crippen LogP) is 2.11. The molecule has 0 spiro atoms. The van der Waals surface area contributed by atoms with E-state index in [0.29, 0.717) is 0 Å². The quantitative estimate of drug-likeness (QED) is 0.818. The molecule has 1 heterocycles. The molecule has 8 heteroatoms. The number of ether oxygens (including phenoxy) is 1. The third-order valence-electron chi connectivity index (χ3n) is 4.45. The maximum atomic E-state index is 12.5. The highest BCUT2D eigenvalue weighted by Crippen LogP contribution is 2.29. The SMILES string of the molecule is COc1ccc([C@H](C)NC(=O)CCN2C(=O)c3ccccc3S2(=O)=O)cc1. The van der Waals surface area contributed by atoms with Crippen LogP contribution in [0.15, 0.2) is 53.4 Å². The lowest BCUT2D eigenvalue weighted by Crippen LogP contribution is -2.35. The smallest absolute Gasteiger partial charge is 0.269 e. The van der Waals surface area contributed by atoms with Crippen LogP contribution in [0.2, 0.25) is 0 Å². The summed E-state index contributed by atoms with van der Waals surface area (Å²) in [5.41, 5.74) is 1.03. The number of benzene rings is 2. The van der Waals surface area contributed by atoms with E-state index in [1.54, 1.807) is 31.4 Å². The number of methoxy groups -OCH3 is 1. The van der Waals surface area contributed by atoms with Gasteiger partial charge in [0.1, 0.15) is 10.6 Å². The predicted molar refractivity (Wildman–Crippen MR) is 98.8 cm³/mol. The third-order valence-corrected chi connectivity index (χ3v) is 6.29. The van der Waals surface area contributed by atoms with E-state index in [1.807, 2.05) is 19.1 Å². The zero-order valence-corrected chi connectivity index (χ0v) is 15.8. The Hall–Kier alpha value is -2.87. The van der Waals surface area contributed by atoms with Gasteiger partial charge in [0.2, 0.25) is 5.91 Å². The van der Waals surface area contributed by atoms with Crippen molar-refractivity contribution in [3.8, 4) is 5.75 Å². The molecule has 2 aromatic carbocycles. The molecule has 7 nitrogen and oxygen atoms in total. The number of carbonyl (C=O) groups is 2. The van der Waals surface area contributed by atoms with Crippen molar-refractivity contribution in [2.75, 3.05) is 13.7 Å². The Bertz CT molecular complexity index is 970. The number of rotatable bonds is 6. The maximum Gasteiger partial charge on any atom is 0.269 e. The number of fused-ring (bicyclic) bond motifs is 1. The van der Waals surface area contributed by atoms with E-state index in [9.17, 15) is 18.0 Å². The molecule has 0 radical (unpaired) electrons. The lowest BCUT2D eigenvalue weighted by molar-refractivity contribution is -0.121. The van der Waals surface area contributed by atoms with E-state index in [0.717, 1.165) is 15.6 Å². The van der Waals surface area contributed by atoms with Crippen LogP contribution in [0.25, 0.3) is 0 Å². The summed E-state index contributed by atoms with van der Waals surface area (Å²) in [6.07, 6.45) is -0.112. The molecule has 0 unspecified atom stereocenters. The van der Waals surface area contributed by atoms with Crippen molar-refractivity contribution < 1.29 is 22.7 Å². The van der Waals surface area contributed by atoms with Crippen molar-refractivity contribution in [2.45, 2.75) is 24.3 Å². The van der Waals surface area contributed by atoms with Crippen LogP contribution in [0.1, 0.15) is 35.3 Å². The fourth-order valence-electron chi connectivity index (χ4n) is 2.94. The van der Waals surface area contributed by atoms with Gasteiger partial charge in [-0.05, 0) is 36.8 Å². The second kappa shape index (κ2) is 7.40. The molecule has 0 saturated heterocycles. The molecule has 1 atom stereocenters. The number of hydrogen-bond donors (Lipinski definition) is 1. The van der Waals surface area contributed by atoms with Crippen LogP contribution in [0.3, 0.4) is 0 Å². The fraction of sp³-hybridized carbons (Fsp3) is 0.263. The summed E-state index contributed by atoms with van der Waals surface area (Å²) in [6, 6.07) is 13.1. The Balaban J connectivity index is 1.62. The molecule has 1 N–H and O–H groups in total. The van der Waals surface area contributed by atoms with E-state index in [1.165, 1.54) is 12.1 Å². The Morgan fingerprint density at radius 1 is 1.15 bits per heavy atom. The van der Waals surface area contributed by atoms with E-state index >= 15 is 0 Å². The first-order valence-electron chi connectivity index (χ1n) is 8.44. The topological polar surface area (TPSA) is 92.8 Å². The largest absolute Gasteiger partial charge is 0.497 e. The Labute approximate surface area is 158 Å². The Kier molecular flexibility index (Phi) is 5.18. The number of hydrogen-bond acceptors (Lipinski definition) is 5.